The normalized spacial score (nSPS) is 22.2. The van der Waals surface area contributed by atoms with Crippen molar-refractivity contribution in [3.05, 3.63) is 34.9 Å². The predicted molar refractivity (Wildman–Crippen MR) is 88.0 cm³/mol. The van der Waals surface area contributed by atoms with E-state index in [1.54, 1.807) is 6.20 Å². The number of amides is 1. The van der Waals surface area contributed by atoms with Gasteiger partial charge < -0.3 is 11.1 Å². The van der Waals surface area contributed by atoms with E-state index in [1.165, 1.54) is 0 Å². The van der Waals surface area contributed by atoms with Crippen molar-refractivity contribution in [2.45, 2.75) is 31.7 Å². The number of benzene rings is 1. The van der Waals surface area contributed by atoms with E-state index in [0.717, 1.165) is 40.9 Å². The molecule has 5 heteroatoms. The molecule has 0 spiro atoms. The highest BCUT2D eigenvalue weighted by Crippen LogP contribution is 2.25. The molecular weight excluding hydrogens is 330 g/mol. The molecule has 1 aromatic heterocycles. The van der Waals surface area contributed by atoms with Crippen LogP contribution in [0.25, 0.3) is 10.8 Å². The summed E-state index contributed by atoms with van der Waals surface area (Å²) >= 11 is 3.46. The maximum atomic E-state index is 12.3. The van der Waals surface area contributed by atoms with Crippen molar-refractivity contribution in [1.82, 2.24) is 4.98 Å². The first-order valence-electron chi connectivity index (χ1n) is 7.23. The van der Waals surface area contributed by atoms with Crippen LogP contribution >= 0.6 is 15.9 Å². The van der Waals surface area contributed by atoms with Crippen LogP contribution in [-0.2, 0) is 4.79 Å². The number of nitrogens with two attached hydrogens (primary N) is 1. The number of aromatic nitrogens is 1. The Morgan fingerprint density at radius 2 is 1.95 bits per heavy atom. The topological polar surface area (TPSA) is 68.0 Å². The fraction of sp³-hybridized carbons (Fsp3) is 0.375. The lowest BCUT2D eigenvalue weighted by Gasteiger charge is -2.24. The Balaban J connectivity index is 1.73. The van der Waals surface area contributed by atoms with Gasteiger partial charge in [0, 0.05) is 28.0 Å². The van der Waals surface area contributed by atoms with E-state index in [9.17, 15) is 4.79 Å². The fourth-order valence-corrected chi connectivity index (χ4v) is 3.17. The third-order valence-electron chi connectivity index (χ3n) is 4.08. The smallest absolute Gasteiger partial charge is 0.228 e. The molecule has 0 atom stereocenters. The van der Waals surface area contributed by atoms with E-state index in [-0.39, 0.29) is 17.9 Å². The van der Waals surface area contributed by atoms with E-state index < -0.39 is 0 Å². The van der Waals surface area contributed by atoms with Gasteiger partial charge in [-0.15, -0.1) is 0 Å². The Hall–Kier alpha value is -1.46. The van der Waals surface area contributed by atoms with E-state index in [2.05, 4.69) is 26.2 Å². The van der Waals surface area contributed by atoms with Crippen LogP contribution < -0.4 is 11.1 Å². The molecule has 3 N–H and O–H groups in total. The fourth-order valence-electron chi connectivity index (χ4n) is 2.79. The first-order chi connectivity index (χ1) is 10.1. The molecular formula is C16H18BrN3O. The summed E-state index contributed by atoms with van der Waals surface area (Å²) < 4.78 is 1.01. The van der Waals surface area contributed by atoms with Crippen molar-refractivity contribution in [3.63, 3.8) is 0 Å². The molecule has 2 aromatic rings. The molecule has 4 nitrogen and oxygen atoms in total. The van der Waals surface area contributed by atoms with Gasteiger partial charge in [-0.2, -0.15) is 0 Å². The Morgan fingerprint density at radius 1 is 1.19 bits per heavy atom. The van der Waals surface area contributed by atoms with Crippen molar-refractivity contribution in [3.8, 4) is 0 Å². The minimum absolute atomic E-state index is 0.0590. The molecule has 0 unspecified atom stereocenters. The molecule has 1 aliphatic carbocycles. The zero-order valence-electron chi connectivity index (χ0n) is 11.7. The molecule has 1 heterocycles. The largest absolute Gasteiger partial charge is 0.328 e. The molecule has 3 rings (SSSR count). The van der Waals surface area contributed by atoms with Crippen molar-refractivity contribution < 1.29 is 4.79 Å². The summed E-state index contributed by atoms with van der Waals surface area (Å²) in [6.07, 6.45) is 5.37. The molecule has 1 saturated carbocycles. The summed E-state index contributed by atoms with van der Waals surface area (Å²) in [6, 6.07) is 8.16. The number of halogens is 1. The number of anilines is 1. The van der Waals surface area contributed by atoms with Gasteiger partial charge in [0.05, 0.1) is 0 Å². The molecule has 1 aromatic carbocycles. The Bertz CT molecular complexity index is 666. The molecule has 0 radical (unpaired) electrons. The van der Waals surface area contributed by atoms with Gasteiger partial charge >= 0.3 is 0 Å². The first kappa shape index (κ1) is 14.5. The number of carbonyl (C=O) groups is 1. The lowest BCUT2D eigenvalue weighted by Crippen LogP contribution is -2.32. The molecule has 0 aliphatic heterocycles. The summed E-state index contributed by atoms with van der Waals surface area (Å²) in [6.45, 7) is 0. The van der Waals surface area contributed by atoms with Crippen LogP contribution in [0.15, 0.2) is 34.9 Å². The second-order valence-corrected chi connectivity index (χ2v) is 6.58. The Labute approximate surface area is 132 Å². The highest BCUT2D eigenvalue weighted by molar-refractivity contribution is 9.10. The monoisotopic (exact) mass is 347 g/mol. The molecule has 1 amide bonds. The number of nitrogens with zero attached hydrogens (tertiary/aromatic N) is 1. The third-order valence-corrected chi connectivity index (χ3v) is 4.57. The van der Waals surface area contributed by atoms with Crippen molar-refractivity contribution in [1.29, 1.82) is 0 Å². The zero-order chi connectivity index (χ0) is 14.8. The highest BCUT2D eigenvalue weighted by atomic mass is 79.9. The minimum Gasteiger partial charge on any atom is -0.328 e. The van der Waals surface area contributed by atoms with Crippen LogP contribution in [0.4, 0.5) is 5.82 Å². The molecule has 1 fully saturated rings. The molecule has 0 bridgehead atoms. The van der Waals surface area contributed by atoms with Gasteiger partial charge in [0.1, 0.15) is 5.82 Å². The maximum Gasteiger partial charge on any atom is 0.228 e. The van der Waals surface area contributed by atoms with Gasteiger partial charge in [0.2, 0.25) is 5.91 Å². The van der Waals surface area contributed by atoms with E-state index in [4.69, 9.17) is 5.73 Å². The maximum absolute atomic E-state index is 12.3. The lowest BCUT2D eigenvalue weighted by atomic mass is 9.86. The molecule has 110 valence electrons. The van der Waals surface area contributed by atoms with Crippen LogP contribution in [0.3, 0.4) is 0 Å². The van der Waals surface area contributed by atoms with Crippen molar-refractivity contribution >= 4 is 38.4 Å². The Kier molecular flexibility index (Phi) is 4.22. The third kappa shape index (κ3) is 3.41. The van der Waals surface area contributed by atoms with Gasteiger partial charge in [-0.3, -0.25) is 4.79 Å². The predicted octanol–water partition coefficient (Wildman–Crippen LogP) is 3.45. The van der Waals surface area contributed by atoms with Crippen LogP contribution in [0.2, 0.25) is 0 Å². The number of fused-ring (bicyclic) bond motifs is 1. The van der Waals surface area contributed by atoms with Crippen LogP contribution in [0, 0.1) is 5.92 Å². The van der Waals surface area contributed by atoms with E-state index in [1.807, 2.05) is 24.3 Å². The van der Waals surface area contributed by atoms with Crippen molar-refractivity contribution in [2.75, 3.05) is 5.32 Å². The summed E-state index contributed by atoms with van der Waals surface area (Å²) in [5.41, 5.74) is 5.88. The quantitative estimate of drug-likeness (QED) is 0.873. The second-order valence-electron chi connectivity index (χ2n) is 5.66. The van der Waals surface area contributed by atoms with Gasteiger partial charge in [0.25, 0.3) is 0 Å². The molecule has 0 saturated heterocycles. The lowest BCUT2D eigenvalue weighted by molar-refractivity contribution is -0.120. The summed E-state index contributed by atoms with van der Waals surface area (Å²) in [4.78, 5) is 16.6. The number of hydrogen-bond acceptors (Lipinski definition) is 3. The standard InChI is InChI=1S/C16H18BrN3O/c17-13-4-1-11-9-19-15(8-12(11)7-13)20-16(21)10-2-5-14(18)6-3-10/h1,4,7-10,14H,2-3,5-6,18H2,(H,19,20,21). The van der Waals surface area contributed by atoms with Gasteiger partial charge in [-0.1, -0.05) is 22.0 Å². The van der Waals surface area contributed by atoms with E-state index in [0.29, 0.717) is 5.82 Å². The zero-order valence-corrected chi connectivity index (χ0v) is 13.3. The number of rotatable bonds is 2. The van der Waals surface area contributed by atoms with Crippen LogP contribution in [0.1, 0.15) is 25.7 Å². The number of pyridine rings is 1. The second kappa shape index (κ2) is 6.12. The van der Waals surface area contributed by atoms with Gasteiger partial charge in [0.15, 0.2) is 0 Å². The average Bonchev–Trinajstić information content (AvgIpc) is 2.47. The summed E-state index contributed by atoms with van der Waals surface area (Å²) in [5.74, 6) is 0.731. The van der Waals surface area contributed by atoms with Crippen LogP contribution in [0.5, 0.6) is 0 Å². The first-order valence-corrected chi connectivity index (χ1v) is 8.03. The molecule has 21 heavy (non-hydrogen) atoms. The summed E-state index contributed by atoms with van der Waals surface area (Å²) in [7, 11) is 0. The Morgan fingerprint density at radius 3 is 2.71 bits per heavy atom. The number of carbonyl (C=O) groups excluding carboxylic acids is 1. The SMILES string of the molecule is NC1CCC(C(=O)Nc2cc3cc(Br)ccc3cn2)CC1. The summed E-state index contributed by atoms with van der Waals surface area (Å²) in [5, 5.41) is 5.04. The number of nitrogens with one attached hydrogen (secondary N) is 1. The highest BCUT2D eigenvalue weighted by Gasteiger charge is 2.24. The van der Waals surface area contributed by atoms with Crippen LogP contribution in [-0.4, -0.2) is 16.9 Å². The van der Waals surface area contributed by atoms with Crippen molar-refractivity contribution in [2.24, 2.45) is 11.7 Å². The number of hydrogen-bond donors (Lipinski definition) is 2. The van der Waals surface area contributed by atoms with Gasteiger partial charge in [-0.25, -0.2) is 4.98 Å². The van der Waals surface area contributed by atoms with E-state index >= 15 is 0 Å². The molecule has 1 aliphatic rings. The van der Waals surface area contributed by atoms with Gasteiger partial charge in [-0.05, 0) is 49.3 Å². The minimum atomic E-state index is 0.0590. The average molecular weight is 348 g/mol.